The van der Waals surface area contributed by atoms with Gasteiger partial charge in [0.05, 0.1) is 12.3 Å². The number of hydrogen-bond acceptors (Lipinski definition) is 4. The highest BCUT2D eigenvalue weighted by Gasteiger charge is 2.07. The highest BCUT2D eigenvalue weighted by atomic mass is 127. The van der Waals surface area contributed by atoms with Gasteiger partial charge in [0.15, 0.2) is 0 Å². The zero-order valence-electron chi connectivity index (χ0n) is 7.04. The molecule has 0 atom stereocenters. The molecular formula is C7H9IN2O3. The number of oxazole rings is 1. The lowest BCUT2D eigenvalue weighted by Crippen LogP contribution is -2.13. The summed E-state index contributed by atoms with van der Waals surface area (Å²) in [5.74, 6) is 0. The lowest BCUT2D eigenvalue weighted by molar-refractivity contribution is 0.167. The number of aromatic nitrogens is 1. The van der Waals surface area contributed by atoms with E-state index in [1.54, 1.807) is 6.92 Å². The fraction of sp³-hybridized carbons (Fsp3) is 0.429. The number of nitrogens with zero attached hydrogens (tertiary/aromatic N) is 1. The molecule has 1 aromatic heterocycles. The van der Waals surface area contributed by atoms with E-state index < -0.39 is 6.09 Å². The second kappa shape index (κ2) is 5.05. The standard InChI is InChI=1S/C7H9IN2O3/c1-2-12-7(11)10-6-9-5(3-8)4-13-6/h4H,2-3H2,1H3,(H,9,10,11). The van der Waals surface area contributed by atoms with Gasteiger partial charge in [0.1, 0.15) is 6.26 Å². The largest absolute Gasteiger partial charge is 0.450 e. The normalized spacial score (nSPS) is 9.69. The van der Waals surface area contributed by atoms with Gasteiger partial charge < -0.3 is 9.15 Å². The van der Waals surface area contributed by atoms with E-state index in [0.29, 0.717) is 6.61 Å². The first-order valence-electron chi connectivity index (χ1n) is 3.70. The van der Waals surface area contributed by atoms with E-state index in [9.17, 15) is 4.79 Å². The summed E-state index contributed by atoms with van der Waals surface area (Å²) in [6.07, 6.45) is 0.943. The molecular weight excluding hydrogens is 287 g/mol. The van der Waals surface area contributed by atoms with Crippen molar-refractivity contribution < 1.29 is 13.9 Å². The predicted octanol–water partition coefficient (Wildman–Crippen LogP) is 2.18. The third-order valence-electron chi connectivity index (χ3n) is 1.17. The van der Waals surface area contributed by atoms with Gasteiger partial charge in [-0.25, -0.2) is 10.1 Å². The molecule has 0 radical (unpaired) electrons. The van der Waals surface area contributed by atoms with E-state index in [4.69, 9.17) is 4.42 Å². The van der Waals surface area contributed by atoms with Crippen molar-refractivity contribution in [1.82, 2.24) is 4.98 Å². The van der Waals surface area contributed by atoms with Gasteiger partial charge in [0, 0.05) is 4.43 Å². The highest BCUT2D eigenvalue weighted by Crippen LogP contribution is 2.10. The maximum absolute atomic E-state index is 10.9. The quantitative estimate of drug-likeness (QED) is 0.686. The SMILES string of the molecule is CCOC(=O)Nc1nc(CI)co1. The van der Waals surface area contributed by atoms with Gasteiger partial charge in [0.25, 0.3) is 0 Å². The van der Waals surface area contributed by atoms with E-state index in [0.717, 1.165) is 10.1 Å². The van der Waals surface area contributed by atoms with Crippen molar-refractivity contribution >= 4 is 34.7 Å². The monoisotopic (exact) mass is 296 g/mol. The molecule has 0 bridgehead atoms. The first-order chi connectivity index (χ1) is 6.26. The van der Waals surface area contributed by atoms with Crippen molar-refractivity contribution in [3.63, 3.8) is 0 Å². The van der Waals surface area contributed by atoms with E-state index in [1.807, 2.05) is 0 Å². The maximum Gasteiger partial charge on any atom is 0.415 e. The van der Waals surface area contributed by atoms with Crippen molar-refractivity contribution in [2.45, 2.75) is 11.4 Å². The van der Waals surface area contributed by atoms with Crippen LogP contribution in [0.25, 0.3) is 0 Å². The maximum atomic E-state index is 10.9. The Morgan fingerprint density at radius 2 is 2.62 bits per heavy atom. The average molecular weight is 296 g/mol. The molecule has 0 unspecified atom stereocenters. The lowest BCUT2D eigenvalue weighted by Gasteiger charge is -1.99. The first kappa shape index (κ1) is 10.3. The number of carbonyl (C=O) groups excluding carboxylic acids is 1. The molecule has 0 aliphatic heterocycles. The Balaban J connectivity index is 2.49. The Kier molecular flexibility index (Phi) is 4.00. The van der Waals surface area contributed by atoms with Crippen LogP contribution in [0.2, 0.25) is 0 Å². The molecule has 1 amide bonds. The number of ether oxygens (including phenoxy) is 1. The number of rotatable bonds is 3. The Morgan fingerprint density at radius 1 is 1.85 bits per heavy atom. The van der Waals surface area contributed by atoms with Crippen molar-refractivity contribution in [1.29, 1.82) is 0 Å². The first-order valence-corrected chi connectivity index (χ1v) is 5.23. The molecule has 1 aromatic rings. The molecule has 0 aliphatic rings. The molecule has 0 fully saturated rings. The van der Waals surface area contributed by atoms with Crippen molar-refractivity contribution in [2.75, 3.05) is 11.9 Å². The molecule has 0 spiro atoms. The summed E-state index contributed by atoms with van der Waals surface area (Å²) in [5.41, 5.74) is 0.785. The zero-order chi connectivity index (χ0) is 9.68. The van der Waals surface area contributed by atoms with Gasteiger partial charge in [-0.05, 0) is 6.92 Å². The summed E-state index contributed by atoms with van der Waals surface area (Å²) in [5, 5.41) is 2.36. The Bertz CT molecular complexity index is 287. The number of anilines is 1. The fourth-order valence-electron chi connectivity index (χ4n) is 0.680. The summed E-state index contributed by atoms with van der Waals surface area (Å²) in [4.78, 5) is 14.8. The molecule has 0 saturated carbocycles. The van der Waals surface area contributed by atoms with Gasteiger partial charge in [-0.15, -0.1) is 0 Å². The highest BCUT2D eigenvalue weighted by molar-refractivity contribution is 14.1. The van der Waals surface area contributed by atoms with Crippen LogP contribution in [0.4, 0.5) is 10.8 Å². The minimum Gasteiger partial charge on any atom is -0.450 e. The van der Waals surface area contributed by atoms with Gasteiger partial charge in [0.2, 0.25) is 0 Å². The van der Waals surface area contributed by atoms with Crippen LogP contribution >= 0.6 is 22.6 Å². The molecule has 1 N–H and O–H groups in total. The Hall–Kier alpha value is -0.790. The smallest absolute Gasteiger partial charge is 0.415 e. The second-order valence-corrected chi connectivity index (χ2v) is 2.89. The van der Waals surface area contributed by atoms with Crippen LogP contribution in [0, 0.1) is 0 Å². The van der Waals surface area contributed by atoms with Crippen LogP contribution in [-0.4, -0.2) is 17.7 Å². The molecule has 1 rings (SSSR count). The van der Waals surface area contributed by atoms with Crippen LogP contribution in [-0.2, 0) is 9.16 Å². The summed E-state index contributed by atoms with van der Waals surface area (Å²) in [7, 11) is 0. The number of amides is 1. The Labute approximate surface area is 89.0 Å². The summed E-state index contributed by atoms with van der Waals surface area (Å²) >= 11 is 2.15. The fourth-order valence-corrected chi connectivity index (χ4v) is 1.03. The van der Waals surface area contributed by atoms with Crippen molar-refractivity contribution in [3.8, 4) is 0 Å². The van der Waals surface area contributed by atoms with Crippen LogP contribution in [0.15, 0.2) is 10.7 Å². The number of alkyl halides is 1. The van der Waals surface area contributed by atoms with E-state index in [-0.39, 0.29) is 6.01 Å². The van der Waals surface area contributed by atoms with Crippen LogP contribution in [0.1, 0.15) is 12.6 Å². The number of nitrogens with one attached hydrogen (secondary N) is 1. The summed E-state index contributed by atoms with van der Waals surface area (Å²) in [6.45, 7) is 2.05. The van der Waals surface area contributed by atoms with Crippen LogP contribution in [0.3, 0.4) is 0 Å². The van der Waals surface area contributed by atoms with Gasteiger partial charge in [-0.2, -0.15) is 4.98 Å². The molecule has 6 heteroatoms. The van der Waals surface area contributed by atoms with E-state index in [1.165, 1.54) is 6.26 Å². The molecule has 0 aliphatic carbocycles. The molecule has 13 heavy (non-hydrogen) atoms. The van der Waals surface area contributed by atoms with E-state index in [2.05, 4.69) is 37.6 Å². The molecule has 72 valence electrons. The minimum atomic E-state index is -0.552. The summed E-state index contributed by atoms with van der Waals surface area (Å²) < 4.78 is 10.3. The van der Waals surface area contributed by atoms with Gasteiger partial charge in [-0.3, -0.25) is 0 Å². The number of hydrogen-bond donors (Lipinski definition) is 1. The zero-order valence-corrected chi connectivity index (χ0v) is 9.20. The Morgan fingerprint density at radius 3 is 3.15 bits per heavy atom. The lowest BCUT2D eigenvalue weighted by atomic mass is 10.6. The predicted molar refractivity (Wildman–Crippen MR) is 54.9 cm³/mol. The van der Waals surface area contributed by atoms with Crippen LogP contribution in [0.5, 0.6) is 0 Å². The average Bonchev–Trinajstić information content (AvgIpc) is 2.52. The second-order valence-electron chi connectivity index (χ2n) is 2.12. The number of halogens is 1. The minimum absolute atomic E-state index is 0.171. The van der Waals surface area contributed by atoms with Crippen molar-refractivity contribution in [3.05, 3.63) is 12.0 Å². The molecule has 5 nitrogen and oxygen atoms in total. The van der Waals surface area contributed by atoms with Crippen molar-refractivity contribution in [2.24, 2.45) is 0 Å². The molecule has 1 heterocycles. The van der Waals surface area contributed by atoms with Gasteiger partial charge >= 0.3 is 12.1 Å². The summed E-state index contributed by atoms with van der Waals surface area (Å²) in [6, 6.07) is 0.171. The molecule has 0 saturated heterocycles. The number of carbonyl (C=O) groups is 1. The van der Waals surface area contributed by atoms with Crippen LogP contribution < -0.4 is 5.32 Å². The van der Waals surface area contributed by atoms with E-state index >= 15 is 0 Å². The topological polar surface area (TPSA) is 64.4 Å². The third-order valence-corrected chi connectivity index (χ3v) is 1.95. The third kappa shape index (κ3) is 3.21. The van der Waals surface area contributed by atoms with Gasteiger partial charge in [-0.1, -0.05) is 22.6 Å². The molecule has 0 aromatic carbocycles.